The number of hydrogen-bond donors (Lipinski definition) is 2. The third kappa shape index (κ3) is 2.40. The first kappa shape index (κ1) is 18.0. The quantitative estimate of drug-likeness (QED) is 0.236. The number of phenolic OH excluding ortho intramolecular Hbond substituents is 2. The molecule has 0 saturated carbocycles. The van der Waals surface area contributed by atoms with Crippen LogP contribution in [0, 0.1) is 0 Å². The standard InChI is InChI=1S/C22H13IO6/c23-10-17(26)14-7-12(25)9-19-20(14)22(16-6-5-11(24)8-18(16)28-19)15-4-2-1-3-13(15)21(27)29-22/h1-9,24-25H,10H2. The number of phenols is 2. The number of benzene rings is 3. The minimum absolute atomic E-state index is 0.0244. The predicted molar refractivity (Wildman–Crippen MR) is 111 cm³/mol. The molecule has 3 aromatic carbocycles. The molecule has 3 aromatic rings. The Labute approximate surface area is 178 Å². The molecule has 0 fully saturated rings. The van der Waals surface area contributed by atoms with Gasteiger partial charge in [-0.25, -0.2) is 4.79 Å². The first-order valence-corrected chi connectivity index (χ1v) is 10.3. The maximum Gasteiger partial charge on any atom is 0.340 e. The van der Waals surface area contributed by atoms with Crippen LogP contribution in [-0.4, -0.2) is 26.4 Å². The molecule has 6 nitrogen and oxygen atoms in total. The second kappa shape index (κ2) is 6.21. The van der Waals surface area contributed by atoms with E-state index in [0.29, 0.717) is 22.3 Å². The lowest BCUT2D eigenvalue weighted by Crippen LogP contribution is -2.35. The van der Waals surface area contributed by atoms with Crippen molar-refractivity contribution in [3.8, 4) is 23.0 Å². The Morgan fingerprint density at radius 1 is 0.966 bits per heavy atom. The number of Topliss-reactive ketones (excluding diaryl/α,β-unsaturated/α-hetero) is 1. The fourth-order valence-corrected chi connectivity index (χ4v) is 4.49. The van der Waals surface area contributed by atoms with Crippen LogP contribution in [0.4, 0.5) is 0 Å². The fourth-order valence-electron chi connectivity index (χ4n) is 4.08. The monoisotopic (exact) mass is 500 g/mol. The molecule has 0 bridgehead atoms. The van der Waals surface area contributed by atoms with Gasteiger partial charge in [0.25, 0.3) is 0 Å². The van der Waals surface area contributed by atoms with Gasteiger partial charge in [-0.3, -0.25) is 4.79 Å². The average Bonchev–Trinajstić information content (AvgIpc) is 2.99. The number of carbonyl (C=O) groups excluding carboxylic acids is 2. The third-order valence-corrected chi connectivity index (χ3v) is 5.89. The summed E-state index contributed by atoms with van der Waals surface area (Å²) in [7, 11) is 0. The number of esters is 1. The van der Waals surface area contributed by atoms with Gasteiger partial charge < -0.3 is 19.7 Å². The number of carbonyl (C=O) groups is 2. The summed E-state index contributed by atoms with van der Waals surface area (Å²) in [6, 6.07) is 14.2. The van der Waals surface area contributed by atoms with Crippen molar-refractivity contribution in [2.24, 2.45) is 0 Å². The van der Waals surface area contributed by atoms with Gasteiger partial charge in [-0.15, -0.1) is 0 Å². The molecule has 0 amide bonds. The normalized spacial score (nSPS) is 18.4. The van der Waals surface area contributed by atoms with E-state index >= 15 is 0 Å². The van der Waals surface area contributed by atoms with Crippen LogP contribution in [0.25, 0.3) is 0 Å². The van der Waals surface area contributed by atoms with Crippen LogP contribution in [0.15, 0.2) is 54.6 Å². The Morgan fingerprint density at radius 2 is 1.72 bits per heavy atom. The number of ether oxygens (including phenoxy) is 2. The van der Waals surface area contributed by atoms with Crippen LogP contribution in [0.3, 0.4) is 0 Å². The molecule has 1 spiro atoms. The van der Waals surface area contributed by atoms with Gasteiger partial charge in [-0.1, -0.05) is 40.8 Å². The first-order valence-electron chi connectivity index (χ1n) is 8.76. The fraction of sp³-hybridized carbons (Fsp3) is 0.0909. The van der Waals surface area contributed by atoms with Gasteiger partial charge >= 0.3 is 5.97 Å². The highest BCUT2D eigenvalue weighted by Crippen LogP contribution is 2.58. The molecular weight excluding hydrogens is 487 g/mol. The van der Waals surface area contributed by atoms with E-state index in [-0.39, 0.29) is 38.8 Å². The lowest BCUT2D eigenvalue weighted by molar-refractivity contribution is 0.0220. The smallest absolute Gasteiger partial charge is 0.340 e. The van der Waals surface area contributed by atoms with Crippen molar-refractivity contribution >= 4 is 34.3 Å². The number of fused-ring (bicyclic) bond motifs is 6. The van der Waals surface area contributed by atoms with Crippen LogP contribution >= 0.6 is 22.6 Å². The van der Waals surface area contributed by atoms with E-state index < -0.39 is 11.6 Å². The molecule has 0 radical (unpaired) electrons. The summed E-state index contributed by atoms with van der Waals surface area (Å²) in [5.74, 6) is -0.449. The Kier molecular flexibility index (Phi) is 3.86. The van der Waals surface area contributed by atoms with E-state index in [9.17, 15) is 19.8 Å². The van der Waals surface area contributed by atoms with Gasteiger partial charge in [0.1, 0.15) is 23.0 Å². The van der Waals surface area contributed by atoms with E-state index in [0.717, 1.165) is 0 Å². The van der Waals surface area contributed by atoms with Crippen LogP contribution in [0.5, 0.6) is 23.0 Å². The highest BCUT2D eigenvalue weighted by Gasteiger charge is 2.55. The number of alkyl halides is 1. The maximum absolute atomic E-state index is 12.8. The summed E-state index contributed by atoms with van der Waals surface area (Å²) < 4.78 is 12.1. The van der Waals surface area contributed by atoms with Crippen molar-refractivity contribution in [1.29, 1.82) is 0 Å². The van der Waals surface area contributed by atoms with Gasteiger partial charge in [-0.05, 0) is 24.3 Å². The topological polar surface area (TPSA) is 93.1 Å². The molecule has 2 aliphatic heterocycles. The molecule has 29 heavy (non-hydrogen) atoms. The SMILES string of the molecule is O=C1OC2(c3ccc(O)cc3Oc3cc(O)cc(C(=O)CI)c32)c2ccccc21. The largest absolute Gasteiger partial charge is 0.508 e. The number of hydrogen-bond acceptors (Lipinski definition) is 6. The molecule has 2 heterocycles. The summed E-state index contributed by atoms with van der Waals surface area (Å²) in [6.07, 6.45) is 0. The molecule has 2 N–H and O–H groups in total. The number of halogens is 1. The average molecular weight is 500 g/mol. The zero-order valence-corrected chi connectivity index (χ0v) is 17.0. The second-order valence-electron chi connectivity index (χ2n) is 6.82. The first-order chi connectivity index (χ1) is 14.0. The van der Waals surface area contributed by atoms with E-state index in [1.165, 1.54) is 24.3 Å². The lowest BCUT2D eigenvalue weighted by atomic mass is 9.75. The molecule has 2 aliphatic rings. The Bertz CT molecular complexity index is 1220. The molecular formula is C22H13IO6. The zero-order valence-electron chi connectivity index (χ0n) is 14.8. The van der Waals surface area contributed by atoms with Crippen LogP contribution < -0.4 is 4.74 Å². The van der Waals surface area contributed by atoms with Crippen molar-refractivity contribution in [3.05, 3.63) is 82.4 Å². The molecule has 7 heteroatoms. The van der Waals surface area contributed by atoms with Crippen molar-refractivity contribution < 1.29 is 29.3 Å². The van der Waals surface area contributed by atoms with E-state index in [1.807, 2.05) is 22.6 Å². The summed E-state index contributed by atoms with van der Waals surface area (Å²) in [5.41, 5.74) is 0.629. The number of aromatic hydroxyl groups is 2. The number of rotatable bonds is 2. The summed E-state index contributed by atoms with van der Waals surface area (Å²) >= 11 is 1.95. The molecule has 0 aromatic heterocycles. The van der Waals surface area contributed by atoms with Gasteiger partial charge in [0, 0.05) is 28.8 Å². The highest BCUT2D eigenvalue weighted by molar-refractivity contribution is 14.1. The summed E-state index contributed by atoms with van der Waals surface area (Å²) in [4.78, 5) is 25.6. The number of ketones is 1. The maximum atomic E-state index is 12.8. The minimum atomic E-state index is -1.42. The van der Waals surface area contributed by atoms with Crippen molar-refractivity contribution in [2.45, 2.75) is 5.60 Å². The second-order valence-corrected chi connectivity index (χ2v) is 7.58. The van der Waals surface area contributed by atoms with Crippen molar-refractivity contribution in [3.63, 3.8) is 0 Å². The minimum Gasteiger partial charge on any atom is -0.508 e. The predicted octanol–water partition coefficient (Wildman–Crippen LogP) is 4.28. The molecule has 1 atom stereocenters. The van der Waals surface area contributed by atoms with Crippen molar-refractivity contribution in [2.75, 3.05) is 4.43 Å². The third-order valence-electron chi connectivity index (χ3n) is 5.20. The van der Waals surface area contributed by atoms with E-state index in [1.54, 1.807) is 30.3 Å². The molecule has 0 aliphatic carbocycles. The molecule has 5 rings (SSSR count). The van der Waals surface area contributed by atoms with Crippen LogP contribution in [0.2, 0.25) is 0 Å². The van der Waals surface area contributed by atoms with E-state index in [4.69, 9.17) is 9.47 Å². The van der Waals surface area contributed by atoms with Gasteiger partial charge in [0.05, 0.1) is 15.6 Å². The molecule has 1 unspecified atom stereocenters. The lowest BCUT2D eigenvalue weighted by Gasteiger charge is -2.37. The van der Waals surface area contributed by atoms with E-state index in [2.05, 4.69) is 0 Å². The van der Waals surface area contributed by atoms with Crippen molar-refractivity contribution in [1.82, 2.24) is 0 Å². The van der Waals surface area contributed by atoms with Gasteiger partial charge in [0.15, 0.2) is 11.4 Å². The Balaban J connectivity index is 1.95. The van der Waals surface area contributed by atoms with Crippen LogP contribution in [0.1, 0.15) is 37.4 Å². The molecule has 0 saturated heterocycles. The van der Waals surface area contributed by atoms with Gasteiger partial charge in [-0.2, -0.15) is 0 Å². The highest BCUT2D eigenvalue weighted by atomic mass is 127. The van der Waals surface area contributed by atoms with Crippen LogP contribution in [-0.2, 0) is 10.3 Å². The summed E-state index contributed by atoms with van der Waals surface area (Å²) in [5, 5.41) is 20.2. The zero-order chi connectivity index (χ0) is 20.3. The summed E-state index contributed by atoms with van der Waals surface area (Å²) in [6.45, 7) is 0. The Hall–Kier alpha value is -3.07. The molecule has 144 valence electrons. The Morgan fingerprint density at radius 3 is 2.52 bits per heavy atom. The van der Waals surface area contributed by atoms with Gasteiger partial charge in [0.2, 0.25) is 0 Å².